The number of halogens is 4. The smallest absolute Gasteiger partial charge is 0.388 e. The fourth-order valence-electron chi connectivity index (χ4n) is 1.70. The molecule has 0 bridgehead atoms. The van der Waals surface area contributed by atoms with Gasteiger partial charge in [-0.3, -0.25) is 0 Å². The zero-order valence-corrected chi connectivity index (χ0v) is 10.3. The number of nitrogens with zero attached hydrogens (tertiary/aromatic N) is 1. The quantitative estimate of drug-likeness (QED) is 0.877. The lowest BCUT2D eigenvalue weighted by molar-refractivity contribution is -0.139. The number of alkyl halides is 3. The van der Waals surface area contributed by atoms with Crippen LogP contribution in [0.3, 0.4) is 0 Å². The van der Waals surface area contributed by atoms with Crippen molar-refractivity contribution in [2.75, 3.05) is 0 Å². The second-order valence-electron chi connectivity index (χ2n) is 3.88. The van der Waals surface area contributed by atoms with Gasteiger partial charge in [0.2, 0.25) is 0 Å². The van der Waals surface area contributed by atoms with Gasteiger partial charge in [-0.1, -0.05) is 0 Å². The molecule has 1 heterocycles. The van der Waals surface area contributed by atoms with E-state index in [1.54, 1.807) is 5.38 Å². The molecule has 0 saturated carbocycles. The minimum Gasteiger partial charge on any atom is -0.388 e. The van der Waals surface area contributed by atoms with Crippen molar-refractivity contribution in [2.45, 2.75) is 18.7 Å². The van der Waals surface area contributed by atoms with E-state index in [1.165, 1.54) is 17.5 Å². The summed E-state index contributed by atoms with van der Waals surface area (Å²) in [6.45, 7) is 0. The summed E-state index contributed by atoms with van der Waals surface area (Å²) < 4.78 is 51.4. The van der Waals surface area contributed by atoms with E-state index in [9.17, 15) is 22.7 Å². The molecule has 0 fully saturated rings. The summed E-state index contributed by atoms with van der Waals surface area (Å²) in [7, 11) is 0. The molecule has 0 aliphatic heterocycles. The zero-order chi connectivity index (χ0) is 14.0. The van der Waals surface area contributed by atoms with Crippen LogP contribution in [0.2, 0.25) is 0 Å². The third-order valence-corrected chi connectivity index (χ3v) is 3.33. The number of hydrogen-bond donors (Lipinski definition) is 1. The minimum absolute atomic E-state index is 0.0792. The van der Waals surface area contributed by atoms with Crippen LogP contribution in [0, 0.1) is 5.82 Å². The third kappa shape index (κ3) is 3.30. The molecule has 0 aliphatic carbocycles. The highest BCUT2D eigenvalue weighted by Gasteiger charge is 2.35. The lowest BCUT2D eigenvalue weighted by Gasteiger charge is -2.16. The van der Waals surface area contributed by atoms with Crippen molar-refractivity contribution in [3.05, 3.63) is 51.7 Å². The predicted octanol–water partition coefficient (Wildman–Crippen LogP) is 3.58. The van der Waals surface area contributed by atoms with Crippen LogP contribution in [0.1, 0.15) is 22.2 Å². The SMILES string of the molecule is OC(Cc1nccs1)c1cc(F)ccc1C(F)(F)F. The van der Waals surface area contributed by atoms with Crippen LogP contribution >= 0.6 is 11.3 Å². The Morgan fingerprint density at radius 2 is 2.05 bits per heavy atom. The van der Waals surface area contributed by atoms with Crippen molar-refractivity contribution < 1.29 is 22.7 Å². The Kier molecular flexibility index (Phi) is 3.86. The van der Waals surface area contributed by atoms with E-state index in [2.05, 4.69) is 4.98 Å². The molecule has 1 N–H and O–H groups in total. The van der Waals surface area contributed by atoms with Crippen molar-refractivity contribution in [1.29, 1.82) is 0 Å². The standard InChI is InChI=1S/C12H9F4NOS/c13-7-1-2-9(12(14,15)16)8(5-7)10(18)6-11-17-3-4-19-11/h1-5,10,18H,6H2. The van der Waals surface area contributed by atoms with Gasteiger partial charge in [-0.25, -0.2) is 9.37 Å². The molecule has 1 aromatic carbocycles. The maximum Gasteiger partial charge on any atom is 0.416 e. The Hall–Kier alpha value is -1.47. The molecule has 19 heavy (non-hydrogen) atoms. The topological polar surface area (TPSA) is 33.1 Å². The Morgan fingerprint density at radius 1 is 1.32 bits per heavy atom. The van der Waals surface area contributed by atoms with E-state index in [1.807, 2.05) is 0 Å². The molecule has 0 amide bonds. The predicted molar refractivity (Wildman–Crippen MR) is 62.2 cm³/mol. The molecule has 102 valence electrons. The van der Waals surface area contributed by atoms with Gasteiger partial charge in [0, 0.05) is 18.0 Å². The van der Waals surface area contributed by atoms with Gasteiger partial charge in [0.25, 0.3) is 0 Å². The molecular weight excluding hydrogens is 282 g/mol. The zero-order valence-electron chi connectivity index (χ0n) is 9.49. The number of aromatic nitrogens is 1. The lowest BCUT2D eigenvalue weighted by Crippen LogP contribution is -2.13. The first-order valence-corrected chi connectivity index (χ1v) is 6.19. The van der Waals surface area contributed by atoms with Gasteiger partial charge in [-0.15, -0.1) is 11.3 Å². The number of hydrogen-bond acceptors (Lipinski definition) is 3. The van der Waals surface area contributed by atoms with Crippen LogP contribution in [-0.2, 0) is 12.6 Å². The van der Waals surface area contributed by atoms with Crippen molar-refractivity contribution in [1.82, 2.24) is 4.98 Å². The summed E-state index contributed by atoms with van der Waals surface area (Å²) in [5.74, 6) is -0.818. The normalized spacial score (nSPS) is 13.5. The van der Waals surface area contributed by atoms with Crippen LogP contribution in [0.25, 0.3) is 0 Å². The molecule has 0 saturated heterocycles. The van der Waals surface area contributed by atoms with E-state index in [0.717, 1.165) is 6.07 Å². The Morgan fingerprint density at radius 3 is 2.63 bits per heavy atom. The summed E-state index contributed by atoms with van der Waals surface area (Å²) in [6, 6.07) is 2.07. The minimum atomic E-state index is -4.63. The maximum atomic E-state index is 13.1. The highest BCUT2D eigenvalue weighted by Crippen LogP contribution is 2.36. The van der Waals surface area contributed by atoms with Crippen LogP contribution in [0.5, 0.6) is 0 Å². The molecule has 2 nitrogen and oxygen atoms in total. The molecule has 1 atom stereocenters. The van der Waals surface area contributed by atoms with Crippen LogP contribution in [-0.4, -0.2) is 10.1 Å². The summed E-state index contributed by atoms with van der Waals surface area (Å²) in [6.07, 6.45) is -4.67. The van der Waals surface area contributed by atoms with E-state index >= 15 is 0 Å². The van der Waals surface area contributed by atoms with Gasteiger partial charge in [0.05, 0.1) is 16.7 Å². The summed E-state index contributed by atoms with van der Waals surface area (Å²) >= 11 is 1.22. The van der Waals surface area contributed by atoms with Crippen LogP contribution in [0.4, 0.5) is 17.6 Å². The second-order valence-corrected chi connectivity index (χ2v) is 4.85. The molecule has 0 aliphatic rings. The number of aliphatic hydroxyl groups excluding tert-OH is 1. The Balaban J connectivity index is 2.34. The number of aliphatic hydroxyl groups is 1. The monoisotopic (exact) mass is 291 g/mol. The van der Waals surface area contributed by atoms with Gasteiger partial charge >= 0.3 is 6.18 Å². The van der Waals surface area contributed by atoms with Crippen LogP contribution < -0.4 is 0 Å². The Bertz CT molecular complexity index is 553. The molecular formula is C12H9F4NOS. The first-order chi connectivity index (χ1) is 8.88. The fraction of sp³-hybridized carbons (Fsp3) is 0.250. The molecule has 2 rings (SSSR count). The van der Waals surface area contributed by atoms with Crippen molar-refractivity contribution >= 4 is 11.3 Å². The van der Waals surface area contributed by atoms with E-state index in [0.29, 0.717) is 17.1 Å². The summed E-state index contributed by atoms with van der Waals surface area (Å²) in [5, 5.41) is 12.0. The van der Waals surface area contributed by atoms with E-state index < -0.39 is 29.2 Å². The fourth-order valence-corrected chi connectivity index (χ4v) is 2.35. The molecule has 0 radical (unpaired) electrons. The van der Waals surface area contributed by atoms with Crippen LogP contribution in [0.15, 0.2) is 29.8 Å². The van der Waals surface area contributed by atoms with Gasteiger partial charge in [0.1, 0.15) is 5.82 Å². The average molecular weight is 291 g/mol. The highest BCUT2D eigenvalue weighted by molar-refractivity contribution is 7.09. The van der Waals surface area contributed by atoms with Gasteiger partial charge in [-0.2, -0.15) is 13.2 Å². The lowest BCUT2D eigenvalue weighted by atomic mass is 10.00. The number of thiazole rings is 1. The third-order valence-electron chi connectivity index (χ3n) is 2.53. The largest absolute Gasteiger partial charge is 0.416 e. The van der Waals surface area contributed by atoms with Crippen molar-refractivity contribution in [2.24, 2.45) is 0 Å². The van der Waals surface area contributed by atoms with E-state index in [4.69, 9.17) is 0 Å². The van der Waals surface area contributed by atoms with Gasteiger partial charge in [-0.05, 0) is 23.8 Å². The molecule has 7 heteroatoms. The van der Waals surface area contributed by atoms with Crippen molar-refractivity contribution in [3.63, 3.8) is 0 Å². The molecule has 1 aromatic heterocycles. The van der Waals surface area contributed by atoms with Gasteiger partial charge in [0.15, 0.2) is 0 Å². The summed E-state index contributed by atoms with van der Waals surface area (Å²) in [4.78, 5) is 3.88. The maximum absolute atomic E-state index is 13.1. The number of rotatable bonds is 3. The highest BCUT2D eigenvalue weighted by atomic mass is 32.1. The van der Waals surface area contributed by atoms with Crippen molar-refractivity contribution in [3.8, 4) is 0 Å². The Labute approximate surface area is 110 Å². The summed E-state index contributed by atoms with van der Waals surface area (Å²) in [5.41, 5.74) is -1.50. The first-order valence-electron chi connectivity index (χ1n) is 5.31. The average Bonchev–Trinajstić information content (AvgIpc) is 2.80. The van der Waals surface area contributed by atoms with Gasteiger partial charge < -0.3 is 5.11 Å². The second kappa shape index (κ2) is 5.26. The molecule has 1 unspecified atom stereocenters. The first kappa shape index (κ1) is 14.0. The number of benzene rings is 1. The van der Waals surface area contributed by atoms with E-state index in [-0.39, 0.29) is 6.42 Å². The molecule has 2 aromatic rings. The molecule has 0 spiro atoms.